The van der Waals surface area contributed by atoms with Gasteiger partial charge in [-0.1, -0.05) is 12.1 Å². The third-order valence-corrected chi connectivity index (χ3v) is 4.82. The summed E-state index contributed by atoms with van der Waals surface area (Å²) in [6, 6.07) is 12.2. The molecular weight excluding hydrogens is 456 g/mol. The van der Waals surface area contributed by atoms with Gasteiger partial charge in [0.2, 0.25) is 0 Å². The number of nitrogens with zero attached hydrogens (tertiary/aromatic N) is 2. The van der Waals surface area contributed by atoms with Crippen molar-refractivity contribution in [1.82, 2.24) is 9.80 Å². The lowest BCUT2D eigenvalue weighted by Gasteiger charge is -2.32. The van der Waals surface area contributed by atoms with E-state index in [-0.39, 0.29) is 24.1 Å². The van der Waals surface area contributed by atoms with Crippen LogP contribution in [-0.2, 0) is 0 Å². The summed E-state index contributed by atoms with van der Waals surface area (Å²) in [6.45, 7) is 3.16. The highest BCUT2D eigenvalue weighted by atomic mass is 127. The lowest BCUT2D eigenvalue weighted by atomic mass is 10.1. The van der Waals surface area contributed by atoms with E-state index in [2.05, 4.69) is 39.9 Å². The third kappa shape index (κ3) is 4.83. The molecule has 0 saturated carbocycles. The summed E-state index contributed by atoms with van der Waals surface area (Å²) < 4.78 is 14.9. The van der Waals surface area contributed by atoms with Gasteiger partial charge in [-0.05, 0) is 60.0 Å². The summed E-state index contributed by atoms with van der Waals surface area (Å²) >= 11 is 2.07. The predicted octanol–water partition coefficient (Wildman–Crippen LogP) is 3.98. The molecule has 1 N–H and O–H groups in total. The second kappa shape index (κ2) is 8.82. The summed E-state index contributed by atoms with van der Waals surface area (Å²) in [4.78, 5) is 16.9. The summed E-state index contributed by atoms with van der Waals surface area (Å²) in [5.74, 6) is -0.346. The van der Waals surface area contributed by atoms with E-state index in [1.807, 2.05) is 23.1 Å². The molecule has 2 aromatic carbocycles. The predicted molar refractivity (Wildman–Crippen MR) is 109 cm³/mol. The van der Waals surface area contributed by atoms with Gasteiger partial charge in [0.15, 0.2) is 0 Å². The van der Waals surface area contributed by atoms with Crippen molar-refractivity contribution < 1.29 is 9.18 Å². The van der Waals surface area contributed by atoms with Crippen LogP contribution in [0.2, 0.25) is 0 Å². The number of para-hydroxylation sites is 1. The molecule has 1 aliphatic rings. The first kappa shape index (κ1) is 19.9. The molecule has 1 saturated heterocycles. The topological polar surface area (TPSA) is 35.6 Å². The molecular formula is C18H20ClFIN3O. The Bertz CT molecular complexity index is 751. The molecule has 1 aliphatic heterocycles. The third-order valence-electron chi connectivity index (χ3n) is 4.15. The molecule has 2 aromatic rings. The minimum absolute atomic E-state index is 0. The zero-order valence-electron chi connectivity index (χ0n) is 13.8. The molecule has 1 fully saturated rings. The number of nitrogens with one attached hydrogen (secondary N) is 1. The molecule has 3 rings (SSSR count). The van der Waals surface area contributed by atoms with Gasteiger partial charge >= 0.3 is 0 Å². The molecule has 1 heterocycles. The van der Waals surface area contributed by atoms with Crippen LogP contribution >= 0.6 is 35.0 Å². The molecule has 0 aliphatic carbocycles. The minimum atomic E-state index is -0.330. The molecule has 0 radical (unpaired) electrons. The van der Waals surface area contributed by atoms with E-state index in [4.69, 9.17) is 0 Å². The summed E-state index contributed by atoms with van der Waals surface area (Å²) in [7, 11) is 2.05. The van der Waals surface area contributed by atoms with E-state index < -0.39 is 0 Å². The van der Waals surface area contributed by atoms with Crippen LogP contribution in [0.1, 0.15) is 10.4 Å². The standard InChI is InChI=1S/C18H19FIN3O.ClH/c1-22-8-10-23(11-9-22)18(24)14-4-2-3-5-16(14)21-17-7-6-13(20)12-15(17)19;/h2-7,12,21H,8-11H2,1H3;1H. The monoisotopic (exact) mass is 475 g/mol. The maximum absolute atomic E-state index is 14.1. The van der Waals surface area contributed by atoms with Crippen molar-refractivity contribution in [3.8, 4) is 0 Å². The van der Waals surface area contributed by atoms with Crippen molar-refractivity contribution in [2.45, 2.75) is 0 Å². The van der Waals surface area contributed by atoms with Gasteiger partial charge in [0.25, 0.3) is 5.91 Å². The maximum atomic E-state index is 14.1. The Balaban J connectivity index is 0.00000225. The van der Waals surface area contributed by atoms with Gasteiger partial charge in [-0.2, -0.15) is 0 Å². The molecule has 0 unspecified atom stereocenters. The molecule has 7 heteroatoms. The number of rotatable bonds is 3. The molecule has 0 atom stereocenters. The fourth-order valence-corrected chi connectivity index (χ4v) is 3.15. The number of hydrogen-bond acceptors (Lipinski definition) is 3. The first-order valence-corrected chi connectivity index (χ1v) is 8.91. The highest BCUT2D eigenvalue weighted by Crippen LogP contribution is 2.25. The summed E-state index contributed by atoms with van der Waals surface area (Å²) in [6.07, 6.45) is 0. The van der Waals surface area contributed by atoms with Gasteiger partial charge in [0.05, 0.1) is 16.9 Å². The molecule has 134 valence electrons. The number of anilines is 2. The molecule has 25 heavy (non-hydrogen) atoms. The molecule has 0 bridgehead atoms. The highest BCUT2D eigenvalue weighted by molar-refractivity contribution is 14.1. The largest absolute Gasteiger partial charge is 0.352 e. The Morgan fingerprint density at radius 3 is 2.44 bits per heavy atom. The second-order valence-corrected chi connectivity index (χ2v) is 7.14. The van der Waals surface area contributed by atoms with Crippen LogP contribution in [0.25, 0.3) is 0 Å². The molecule has 0 spiro atoms. The number of piperazine rings is 1. The quantitative estimate of drug-likeness (QED) is 0.682. The maximum Gasteiger partial charge on any atom is 0.256 e. The lowest BCUT2D eigenvalue weighted by Crippen LogP contribution is -2.47. The van der Waals surface area contributed by atoms with Crippen LogP contribution < -0.4 is 5.32 Å². The SMILES string of the molecule is CN1CCN(C(=O)c2ccccc2Nc2ccc(I)cc2F)CC1.Cl. The van der Waals surface area contributed by atoms with Crippen molar-refractivity contribution in [2.75, 3.05) is 38.5 Å². The lowest BCUT2D eigenvalue weighted by molar-refractivity contribution is 0.0665. The van der Waals surface area contributed by atoms with Crippen LogP contribution in [0.3, 0.4) is 0 Å². The smallest absolute Gasteiger partial charge is 0.256 e. The Hall–Kier alpha value is -1.38. The number of benzene rings is 2. The highest BCUT2D eigenvalue weighted by Gasteiger charge is 2.22. The van der Waals surface area contributed by atoms with Gasteiger partial charge in [-0.15, -0.1) is 12.4 Å². The fraction of sp³-hybridized carbons (Fsp3) is 0.278. The average molecular weight is 476 g/mol. The van der Waals surface area contributed by atoms with E-state index in [0.29, 0.717) is 30.0 Å². The second-order valence-electron chi connectivity index (χ2n) is 5.89. The van der Waals surface area contributed by atoms with E-state index in [0.717, 1.165) is 16.7 Å². The van der Waals surface area contributed by atoms with Gasteiger partial charge in [-0.25, -0.2) is 4.39 Å². The van der Waals surface area contributed by atoms with E-state index in [1.54, 1.807) is 18.2 Å². The number of halogens is 3. The zero-order valence-corrected chi connectivity index (χ0v) is 16.8. The summed E-state index contributed by atoms with van der Waals surface area (Å²) in [5, 5.41) is 3.06. The zero-order chi connectivity index (χ0) is 17.1. The van der Waals surface area contributed by atoms with Crippen LogP contribution in [0, 0.1) is 9.39 Å². The first-order valence-electron chi connectivity index (χ1n) is 7.83. The first-order chi connectivity index (χ1) is 11.5. The average Bonchev–Trinajstić information content (AvgIpc) is 2.58. The molecule has 4 nitrogen and oxygen atoms in total. The normalized spacial score (nSPS) is 14.8. The number of carbonyl (C=O) groups is 1. The fourth-order valence-electron chi connectivity index (χ4n) is 2.69. The molecule has 1 amide bonds. The molecule has 0 aromatic heterocycles. The Morgan fingerprint density at radius 2 is 1.76 bits per heavy atom. The number of hydrogen-bond donors (Lipinski definition) is 1. The number of carbonyl (C=O) groups excluding carboxylic acids is 1. The Labute approximate surface area is 166 Å². The van der Waals surface area contributed by atoms with Crippen molar-refractivity contribution in [3.05, 3.63) is 57.4 Å². The van der Waals surface area contributed by atoms with Gasteiger partial charge < -0.3 is 15.1 Å². The van der Waals surface area contributed by atoms with Gasteiger partial charge in [-0.3, -0.25) is 4.79 Å². The minimum Gasteiger partial charge on any atom is -0.352 e. The van der Waals surface area contributed by atoms with Crippen molar-refractivity contribution in [3.63, 3.8) is 0 Å². The van der Waals surface area contributed by atoms with Crippen molar-refractivity contribution >= 4 is 52.3 Å². The van der Waals surface area contributed by atoms with Crippen molar-refractivity contribution in [1.29, 1.82) is 0 Å². The number of amides is 1. The van der Waals surface area contributed by atoms with E-state index in [9.17, 15) is 9.18 Å². The van der Waals surface area contributed by atoms with Gasteiger partial charge in [0.1, 0.15) is 5.82 Å². The van der Waals surface area contributed by atoms with Crippen LogP contribution in [0.4, 0.5) is 15.8 Å². The van der Waals surface area contributed by atoms with Gasteiger partial charge in [0, 0.05) is 29.7 Å². The Kier molecular flexibility index (Phi) is 7.04. The summed E-state index contributed by atoms with van der Waals surface area (Å²) in [5.41, 5.74) is 1.57. The van der Waals surface area contributed by atoms with E-state index in [1.165, 1.54) is 6.07 Å². The number of likely N-dealkylation sites (N-methyl/N-ethyl adjacent to an activating group) is 1. The Morgan fingerprint density at radius 1 is 1.08 bits per heavy atom. The van der Waals surface area contributed by atoms with E-state index >= 15 is 0 Å². The van der Waals surface area contributed by atoms with Crippen LogP contribution in [-0.4, -0.2) is 48.9 Å². The van der Waals surface area contributed by atoms with Crippen LogP contribution in [0.5, 0.6) is 0 Å². The van der Waals surface area contributed by atoms with Crippen LogP contribution in [0.15, 0.2) is 42.5 Å². The van der Waals surface area contributed by atoms with Crippen molar-refractivity contribution in [2.24, 2.45) is 0 Å².